The van der Waals surface area contributed by atoms with Gasteiger partial charge in [-0.2, -0.15) is 0 Å². The number of hydrogen-bond acceptors (Lipinski definition) is 2. The molecule has 1 aliphatic rings. The zero-order chi connectivity index (χ0) is 8.59. The highest BCUT2D eigenvalue weighted by atomic mass is 16.4. The Morgan fingerprint density at radius 2 is 2.67 bits per heavy atom. The molecule has 1 amide bonds. The van der Waals surface area contributed by atoms with Crippen molar-refractivity contribution in [3.05, 3.63) is 0 Å². The molecule has 0 spiro atoms. The third-order valence-electron chi connectivity index (χ3n) is 1.00. The molecule has 4 heteroatoms. The van der Waals surface area contributed by atoms with Crippen LogP contribution in [0.25, 0.3) is 0 Å². The summed E-state index contributed by atoms with van der Waals surface area (Å²) in [6.07, 6.45) is -2.46. The molecule has 0 aliphatic carbocycles. The smallest absolute Gasteiger partial charge is 0.326 e. The minimum Gasteiger partial charge on any atom is -0.480 e. The molecule has 0 aromatic heterocycles. The topological polar surface area (TPSA) is 66.4 Å². The van der Waals surface area contributed by atoms with E-state index in [-0.39, 0.29) is 0 Å². The van der Waals surface area contributed by atoms with Crippen LogP contribution in [0.1, 0.15) is 15.5 Å². The van der Waals surface area contributed by atoms with E-state index in [1.54, 1.807) is 0 Å². The van der Waals surface area contributed by atoms with Gasteiger partial charge in [-0.05, 0) is 6.40 Å². The van der Waals surface area contributed by atoms with Crippen LogP contribution in [0.5, 0.6) is 0 Å². The molecule has 0 aromatic rings. The summed E-state index contributed by atoms with van der Waals surface area (Å²) in [7, 11) is 0. The number of nitrogens with one attached hydrogen (secondary N) is 1. The summed E-state index contributed by atoms with van der Waals surface area (Å²) >= 11 is 0. The maximum Gasteiger partial charge on any atom is 0.326 e. The molecule has 1 heterocycles. The van der Waals surface area contributed by atoms with E-state index in [0.717, 1.165) is 0 Å². The van der Waals surface area contributed by atoms with Crippen molar-refractivity contribution in [2.75, 3.05) is 0 Å². The van der Waals surface area contributed by atoms with E-state index < -0.39 is 30.7 Å². The molecular weight excluding hydrogens is 122 g/mol. The first-order valence-corrected chi connectivity index (χ1v) is 2.41. The predicted octanol–water partition coefficient (Wildman–Crippen LogP) is -0.650. The fourth-order valence-corrected chi connectivity index (χ4v) is 0.577. The highest BCUT2D eigenvalue weighted by molar-refractivity contribution is 5.87. The van der Waals surface area contributed by atoms with Crippen LogP contribution in [0.3, 0.4) is 0 Å². The van der Waals surface area contributed by atoms with Crippen molar-refractivity contribution in [1.82, 2.24) is 5.32 Å². The van der Waals surface area contributed by atoms with E-state index in [9.17, 15) is 9.59 Å². The molecule has 50 valence electrons. The monoisotopic (exact) mass is 133 g/mol. The quantitative estimate of drug-likeness (QED) is 0.499. The van der Waals surface area contributed by atoms with E-state index in [0.29, 0.717) is 0 Å². The maximum absolute atomic E-state index is 10.6. The average Bonchev–Trinajstić information content (AvgIpc) is 2.17. The van der Waals surface area contributed by atoms with E-state index in [1.807, 2.05) is 5.32 Å². The van der Waals surface area contributed by atoms with E-state index in [1.165, 1.54) is 0 Å². The molecule has 0 aromatic carbocycles. The van der Waals surface area contributed by atoms with Crippen molar-refractivity contribution < 1.29 is 17.4 Å². The van der Waals surface area contributed by atoms with Gasteiger partial charge in [0.05, 0.1) is 0 Å². The largest absolute Gasteiger partial charge is 0.480 e. The Labute approximate surface area is 54.7 Å². The van der Waals surface area contributed by atoms with E-state index in [2.05, 4.69) is 0 Å². The highest BCUT2D eigenvalue weighted by Gasteiger charge is 2.26. The molecule has 1 aliphatic heterocycles. The van der Waals surface area contributed by atoms with Gasteiger partial charge in [-0.15, -0.1) is 0 Å². The van der Waals surface area contributed by atoms with E-state index in [4.69, 9.17) is 7.85 Å². The van der Waals surface area contributed by atoms with Crippen molar-refractivity contribution in [3.8, 4) is 0 Å². The van der Waals surface area contributed by atoms with Gasteiger partial charge in [-0.1, -0.05) is 0 Å². The SMILES string of the molecule is [3H]C1C(=O)N[C@H](C(=O)O)C1[3H]. The zero-order valence-corrected chi connectivity index (χ0v) is 4.50. The number of carbonyl (C=O) groups excluding carboxylic acids is 1. The number of aliphatic carboxylic acids is 1. The highest BCUT2D eigenvalue weighted by Crippen LogP contribution is 2.05. The molecule has 1 fully saturated rings. The van der Waals surface area contributed by atoms with Crippen LogP contribution in [-0.4, -0.2) is 23.0 Å². The lowest BCUT2D eigenvalue weighted by Crippen LogP contribution is -2.32. The van der Waals surface area contributed by atoms with Crippen LogP contribution in [0.2, 0.25) is 0 Å². The molecule has 0 bridgehead atoms. The van der Waals surface area contributed by atoms with Crippen LogP contribution in [0, 0.1) is 0 Å². The lowest BCUT2D eigenvalue weighted by molar-refractivity contribution is -0.140. The predicted molar refractivity (Wildman–Crippen MR) is 28.8 cm³/mol. The van der Waals surface area contributed by atoms with Crippen molar-refractivity contribution in [3.63, 3.8) is 0 Å². The summed E-state index contributed by atoms with van der Waals surface area (Å²) < 4.78 is 14.1. The van der Waals surface area contributed by atoms with Gasteiger partial charge in [-0.25, -0.2) is 4.79 Å². The molecule has 2 N–H and O–H groups in total. The minimum absolute atomic E-state index is 0.683. The number of carboxylic acids is 1. The Hall–Kier alpha value is -1.06. The first-order chi connectivity index (χ1) is 5.04. The third kappa shape index (κ3) is 1.19. The molecule has 4 nitrogen and oxygen atoms in total. The number of rotatable bonds is 1. The second kappa shape index (κ2) is 2.05. The number of carboxylic acid groups (broad SMARTS) is 1. The molecule has 9 heavy (non-hydrogen) atoms. The summed E-state index contributed by atoms with van der Waals surface area (Å²) in [5.74, 6) is -1.94. The molecule has 1 rings (SSSR count). The van der Waals surface area contributed by atoms with Gasteiger partial charge < -0.3 is 10.4 Å². The van der Waals surface area contributed by atoms with E-state index >= 15 is 0 Å². The first-order valence-electron chi connectivity index (χ1n) is 3.57. The Bertz CT molecular complexity index is 208. The Morgan fingerprint density at radius 1 is 2.00 bits per heavy atom. The molecule has 3 atom stereocenters. The Morgan fingerprint density at radius 3 is 2.89 bits per heavy atom. The summed E-state index contributed by atoms with van der Waals surface area (Å²) in [6.45, 7) is 0. The standard InChI is InChI=1S/C5H7NO3/c7-4-2-1-3(6-4)5(8)9/h3H,1-2H2,(H,6,7)(H,8,9)/t3-/m0/s1/i1T,2T/t1?,2?,3-. The molecular formula is C5H7NO3. The van der Waals surface area contributed by atoms with Gasteiger partial charge >= 0.3 is 5.97 Å². The van der Waals surface area contributed by atoms with Gasteiger partial charge in [0, 0.05) is 9.14 Å². The molecule has 1 saturated heterocycles. The van der Waals surface area contributed by atoms with Crippen molar-refractivity contribution in [2.24, 2.45) is 0 Å². The summed E-state index contributed by atoms with van der Waals surface area (Å²) in [6, 6.07) is -1.22. The van der Waals surface area contributed by atoms with Gasteiger partial charge in [-0.3, -0.25) is 4.79 Å². The summed E-state index contributed by atoms with van der Waals surface area (Å²) in [5, 5.41) is 10.4. The lowest BCUT2D eigenvalue weighted by Gasteiger charge is -1.99. The minimum atomic E-state index is -1.27. The second-order valence-corrected chi connectivity index (χ2v) is 1.68. The van der Waals surface area contributed by atoms with Crippen molar-refractivity contribution in [2.45, 2.75) is 18.8 Å². The second-order valence-electron chi connectivity index (χ2n) is 1.68. The van der Waals surface area contributed by atoms with Crippen LogP contribution in [0.15, 0.2) is 0 Å². The van der Waals surface area contributed by atoms with Gasteiger partial charge in [0.15, 0.2) is 0 Å². The molecule has 2 unspecified atom stereocenters. The van der Waals surface area contributed by atoms with Gasteiger partial charge in [0.2, 0.25) is 5.91 Å². The Balaban J connectivity index is 2.74. The van der Waals surface area contributed by atoms with Crippen molar-refractivity contribution in [1.29, 1.82) is 0 Å². The Kier molecular flexibility index (Phi) is 0.880. The lowest BCUT2D eigenvalue weighted by atomic mass is 10.2. The maximum atomic E-state index is 10.6. The van der Waals surface area contributed by atoms with Crippen LogP contribution < -0.4 is 5.32 Å². The average molecular weight is 133 g/mol. The number of amides is 1. The van der Waals surface area contributed by atoms with Gasteiger partial charge in [0.1, 0.15) is 6.04 Å². The van der Waals surface area contributed by atoms with Crippen LogP contribution >= 0.6 is 0 Å². The third-order valence-corrected chi connectivity index (χ3v) is 1.00. The van der Waals surface area contributed by atoms with Gasteiger partial charge in [0.25, 0.3) is 0 Å². The molecule has 0 radical (unpaired) electrons. The number of carbonyl (C=O) groups is 2. The normalized spacial score (nSPS) is 45.3. The molecule has 0 saturated carbocycles. The fourth-order valence-electron chi connectivity index (χ4n) is 0.577. The first kappa shape index (κ1) is 3.87. The number of hydrogen-bond donors (Lipinski definition) is 2. The summed E-state index contributed by atoms with van der Waals surface area (Å²) in [5.41, 5.74) is 0. The summed E-state index contributed by atoms with van der Waals surface area (Å²) in [4.78, 5) is 20.9. The van der Waals surface area contributed by atoms with Crippen LogP contribution in [0.4, 0.5) is 0 Å². The van der Waals surface area contributed by atoms with Crippen LogP contribution in [-0.2, 0) is 9.59 Å². The van der Waals surface area contributed by atoms with Crippen molar-refractivity contribution >= 4 is 11.9 Å². The zero-order valence-electron chi connectivity index (χ0n) is 6.50. The fraction of sp³-hybridized carbons (Fsp3) is 0.600.